The summed E-state index contributed by atoms with van der Waals surface area (Å²) in [5.41, 5.74) is 1.45. The van der Waals surface area contributed by atoms with Crippen LogP contribution in [-0.4, -0.2) is 28.9 Å². The predicted molar refractivity (Wildman–Crippen MR) is 64.6 cm³/mol. The van der Waals surface area contributed by atoms with E-state index in [9.17, 15) is 4.39 Å². The summed E-state index contributed by atoms with van der Waals surface area (Å²) in [7, 11) is 1.90. The monoisotopic (exact) mass is 241 g/mol. The number of hydrogen-bond donors (Lipinski definition) is 1. The van der Waals surface area contributed by atoms with Gasteiger partial charge in [0, 0.05) is 19.0 Å². The number of benzene rings is 1. The molecule has 2 aromatic rings. The third-order valence-corrected chi connectivity index (χ3v) is 2.46. The van der Waals surface area contributed by atoms with Crippen LogP contribution in [-0.2, 0) is 0 Å². The van der Waals surface area contributed by atoms with Crippen LogP contribution in [0, 0.1) is 5.82 Å². The normalized spacial score (nSPS) is 13.0. The fourth-order valence-electron chi connectivity index (χ4n) is 1.61. The molecule has 2 rings (SSSR count). The summed E-state index contributed by atoms with van der Waals surface area (Å²) in [6.45, 7) is 2.60. The van der Waals surface area contributed by atoms with Crippen molar-refractivity contribution in [2.45, 2.75) is 12.3 Å². The Bertz CT molecular complexity index is 495. The van der Waals surface area contributed by atoms with Crippen LogP contribution in [0.4, 0.5) is 10.3 Å². The molecule has 1 atom stereocenters. The average molecular weight is 242 g/mol. The van der Waals surface area contributed by atoms with Gasteiger partial charge in [-0.25, -0.2) is 9.37 Å². The number of alkyl halides is 1. The fourth-order valence-corrected chi connectivity index (χ4v) is 1.82. The second-order valence-electron chi connectivity index (χ2n) is 3.88. The van der Waals surface area contributed by atoms with Gasteiger partial charge in [0.15, 0.2) is 0 Å². The highest BCUT2D eigenvalue weighted by atomic mass is 35.5. The quantitative estimate of drug-likeness (QED) is 0.838. The molecule has 86 valence electrons. The number of hydrogen-bond acceptors (Lipinski definition) is 2. The minimum Gasteiger partial charge on any atom is -0.344 e. The molecular formula is C11H13ClFN3. The van der Waals surface area contributed by atoms with Gasteiger partial charge in [-0.1, -0.05) is 0 Å². The van der Waals surface area contributed by atoms with E-state index in [-0.39, 0.29) is 11.2 Å². The number of anilines is 1. The van der Waals surface area contributed by atoms with Crippen LogP contribution in [0.1, 0.15) is 6.92 Å². The van der Waals surface area contributed by atoms with E-state index in [2.05, 4.69) is 9.97 Å². The fraction of sp³-hybridized carbons (Fsp3) is 0.364. The number of aromatic nitrogens is 2. The van der Waals surface area contributed by atoms with Gasteiger partial charge in [0.1, 0.15) is 5.82 Å². The van der Waals surface area contributed by atoms with Gasteiger partial charge in [-0.3, -0.25) is 0 Å². The Morgan fingerprint density at radius 3 is 3.00 bits per heavy atom. The summed E-state index contributed by atoms with van der Waals surface area (Å²) in [5, 5.41) is 0.0370. The molecule has 1 aromatic heterocycles. The minimum atomic E-state index is -0.268. The van der Waals surface area contributed by atoms with Crippen LogP contribution in [0.25, 0.3) is 11.0 Å². The molecular weight excluding hydrogens is 229 g/mol. The predicted octanol–water partition coefficient (Wildman–Crippen LogP) is 2.77. The topological polar surface area (TPSA) is 31.9 Å². The van der Waals surface area contributed by atoms with E-state index in [0.29, 0.717) is 18.0 Å². The van der Waals surface area contributed by atoms with Gasteiger partial charge in [-0.15, -0.1) is 11.6 Å². The first-order chi connectivity index (χ1) is 7.56. The Morgan fingerprint density at radius 1 is 1.56 bits per heavy atom. The van der Waals surface area contributed by atoms with Crippen molar-refractivity contribution in [2.24, 2.45) is 0 Å². The molecule has 5 heteroatoms. The lowest BCUT2D eigenvalue weighted by Gasteiger charge is -2.16. The second-order valence-corrected chi connectivity index (χ2v) is 4.63. The lowest BCUT2D eigenvalue weighted by atomic mass is 10.3. The maximum absolute atomic E-state index is 13.0. The standard InChI is InChI=1S/C11H13ClFN3/c1-7(12)6-16(2)11-14-9-4-3-8(13)5-10(9)15-11/h3-5,7H,6H2,1-2H3,(H,14,15). The molecule has 0 spiro atoms. The molecule has 0 aliphatic carbocycles. The van der Waals surface area contributed by atoms with Crippen LogP contribution in [0.5, 0.6) is 0 Å². The van der Waals surface area contributed by atoms with Crippen LogP contribution in [0.3, 0.4) is 0 Å². The van der Waals surface area contributed by atoms with Gasteiger partial charge in [0.2, 0.25) is 5.95 Å². The minimum absolute atomic E-state index is 0.0370. The maximum atomic E-state index is 13.0. The summed E-state index contributed by atoms with van der Waals surface area (Å²) in [4.78, 5) is 9.32. The number of nitrogens with zero attached hydrogens (tertiary/aromatic N) is 2. The molecule has 16 heavy (non-hydrogen) atoms. The summed E-state index contributed by atoms with van der Waals surface area (Å²) >= 11 is 5.90. The van der Waals surface area contributed by atoms with Gasteiger partial charge in [-0.05, 0) is 25.1 Å². The van der Waals surface area contributed by atoms with Crippen molar-refractivity contribution in [1.82, 2.24) is 9.97 Å². The molecule has 3 nitrogen and oxygen atoms in total. The molecule has 0 fully saturated rings. The molecule has 0 saturated carbocycles. The number of nitrogens with one attached hydrogen (secondary N) is 1. The first-order valence-corrected chi connectivity index (χ1v) is 5.50. The number of halogens is 2. The second kappa shape index (κ2) is 4.29. The summed E-state index contributed by atoms with van der Waals surface area (Å²) < 4.78 is 13.0. The smallest absolute Gasteiger partial charge is 0.203 e. The van der Waals surface area contributed by atoms with Crippen molar-refractivity contribution in [3.8, 4) is 0 Å². The molecule has 1 unspecified atom stereocenters. The largest absolute Gasteiger partial charge is 0.344 e. The van der Waals surface area contributed by atoms with Gasteiger partial charge in [0.05, 0.1) is 11.0 Å². The summed E-state index contributed by atoms with van der Waals surface area (Å²) in [6.07, 6.45) is 0. The van der Waals surface area contributed by atoms with Gasteiger partial charge in [0.25, 0.3) is 0 Å². The first kappa shape index (κ1) is 11.2. The van der Waals surface area contributed by atoms with E-state index in [1.165, 1.54) is 12.1 Å². The Labute approximate surface area is 98.2 Å². The van der Waals surface area contributed by atoms with E-state index in [1.807, 2.05) is 18.9 Å². The average Bonchev–Trinajstić information content (AvgIpc) is 2.59. The first-order valence-electron chi connectivity index (χ1n) is 5.07. The SMILES string of the molecule is CC(Cl)CN(C)c1nc2ccc(F)cc2[nH]1. The third-order valence-electron chi connectivity index (χ3n) is 2.32. The lowest BCUT2D eigenvalue weighted by molar-refractivity contribution is 0.629. The molecule has 0 saturated heterocycles. The molecule has 1 N–H and O–H groups in total. The van der Waals surface area contributed by atoms with E-state index in [1.54, 1.807) is 6.07 Å². The number of imidazole rings is 1. The Balaban J connectivity index is 2.32. The van der Waals surface area contributed by atoms with Gasteiger partial charge < -0.3 is 9.88 Å². The van der Waals surface area contributed by atoms with E-state index < -0.39 is 0 Å². The molecule has 0 bridgehead atoms. The zero-order chi connectivity index (χ0) is 11.7. The van der Waals surface area contributed by atoms with Crippen LogP contribution < -0.4 is 4.90 Å². The number of rotatable bonds is 3. The number of fused-ring (bicyclic) bond motifs is 1. The molecule has 0 amide bonds. The van der Waals surface area contributed by atoms with Crippen molar-refractivity contribution in [3.63, 3.8) is 0 Å². The Kier molecular flexibility index (Phi) is 3.01. The molecule has 1 heterocycles. The van der Waals surface area contributed by atoms with Crippen LogP contribution in [0.2, 0.25) is 0 Å². The lowest BCUT2D eigenvalue weighted by Crippen LogP contribution is -2.25. The van der Waals surface area contributed by atoms with Crippen molar-refractivity contribution >= 4 is 28.6 Å². The zero-order valence-electron chi connectivity index (χ0n) is 9.17. The third kappa shape index (κ3) is 2.27. The Hall–Kier alpha value is -1.29. The van der Waals surface area contributed by atoms with Crippen LogP contribution in [0.15, 0.2) is 18.2 Å². The highest BCUT2D eigenvalue weighted by Crippen LogP contribution is 2.17. The highest BCUT2D eigenvalue weighted by molar-refractivity contribution is 6.20. The van der Waals surface area contributed by atoms with Crippen LogP contribution >= 0.6 is 11.6 Å². The van der Waals surface area contributed by atoms with Gasteiger partial charge >= 0.3 is 0 Å². The van der Waals surface area contributed by atoms with Crippen molar-refractivity contribution in [3.05, 3.63) is 24.0 Å². The van der Waals surface area contributed by atoms with Gasteiger partial charge in [-0.2, -0.15) is 0 Å². The van der Waals surface area contributed by atoms with Crippen molar-refractivity contribution in [1.29, 1.82) is 0 Å². The zero-order valence-corrected chi connectivity index (χ0v) is 9.92. The highest BCUT2D eigenvalue weighted by Gasteiger charge is 2.09. The number of aromatic amines is 1. The van der Waals surface area contributed by atoms with Crippen molar-refractivity contribution in [2.75, 3.05) is 18.5 Å². The molecule has 0 radical (unpaired) electrons. The molecule has 1 aromatic carbocycles. The Morgan fingerprint density at radius 2 is 2.31 bits per heavy atom. The molecule has 0 aliphatic heterocycles. The van der Waals surface area contributed by atoms with E-state index >= 15 is 0 Å². The number of H-pyrrole nitrogens is 1. The van der Waals surface area contributed by atoms with E-state index in [0.717, 1.165) is 5.52 Å². The summed E-state index contributed by atoms with van der Waals surface area (Å²) in [5.74, 6) is 0.434. The molecule has 0 aliphatic rings. The van der Waals surface area contributed by atoms with E-state index in [4.69, 9.17) is 11.6 Å². The maximum Gasteiger partial charge on any atom is 0.203 e. The van der Waals surface area contributed by atoms with Crippen molar-refractivity contribution < 1.29 is 4.39 Å². The summed E-state index contributed by atoms with van der Waals surface area (Å²) in [6, 6.07) is 4.49.